The molecule has 0 bridgehead atoms. The fourth-order valence-corrected chi connectivity index (χ4v) is 1.88. The van der Waals surface area contributed by atoms with Gasteiger partial charge in [-0.3, -0.25) is 9.59 Å². The van der Waals surface area contributed by atoms with Crippen LogP contribution in [0.1, 0.15) is 20.3 Å². The topological polar surface area (TPSA) is 78.9 Å². The molecule has 0 saturated carbocycles. The molecule has 1 rings (SSSR count). The fraction of sp³-hybridized carbons (Fsp3) is 0.833. The second kappa shape index (κ2) is 6.70. The minimum atomic E-state index is -0.910. The van der Waals surface area contributed by atoms with E-state index in [1.807, 2.05) is 13.8 Å². The van der Waals surface area contributed by atoms with Gasteiger partial charge in [0, 0.05) is 13.1 Å². The molecular formula is C12H22N2O4. The van der Waals surface area contributed by atoms with E-state index < -0.39 is 11.9 Å². The Morgan fingerprint density at radius 3 is 2.72 bits per heavy atom. The minimum absolute atomic E-state index is 0.1000. The van der Waals surface area contributed by atoms with Crippen LogP contribution in [0.25, 0.3) is 0 Å². The van der Waals surface area contributed by atoms with Crippen molar-refractivity contribution in [2.24, 2.45) is 5.92 Å². The minimum Gasteiger partial charge on any atom is -0.481 e. The number of ether oxygens (including phenoxy) is 1. The van der Waals surface area contributed by atoms with Crippen LogP contribution in [0.4, 0.5) is 0 Å². The quantitative estimate of drug-likeness (QED) is 0.697. The fourth-order valence-electron chi connectivity index (χ4n) is 1.88. The van der Waals surface area contributed by atoms with Crippen LogP contribution in [0.5, 0.6) is 0 Å². The van der Waals surface area contributed by atoms with Crippen molar-refractivity contribution in [3.63, 3.8) is 0 Å². The van der Waals surface area contributed by atoms with Crippen molar-refractivity contribution in [3.05, 3.63) is 0 Å². The summed E-state index contributed by atoms with van der Waals surface area (Å²) in [4.78, 5) is 24.4. The van der Waals surface area contributed by atoms with Crippen LogP contribution in [0, 0.1) is 5.92 Å². The summed E-state index contributed by atoms with van der Waals surface area (Å²) in [5.74, 6) is -1.63. The van der Waals surface area contributed by atoms with Crippen molar-refractivity contribution < 1.29 is 19.4 Å². The van der Waals surface area contributed by atoms with E-state index in [1.54, 1.807) is 7.05 Å². The summed E-state index contributed by atoms with van der Waals surface area (Å²) in [7, 11) is 1.63. The third-order valence-electron chi connectivity index (χ3n) is 3.47. The van der Waals surface area contributed by atoms with E-state index in [1.165, 1.54) is 4.90 Å². The van der Waals surface area contributed by atoms with Crippen molar-refractivity contribution in [2.45, 2.75) is 32.4 Å². The summed E-state index contributed by atoms with van der Waals surface area (Å²) in [6.45, 7) is 4.75. The highest BCUT2D eigenvalue weighted by Crippen LogP contribution is 2.18. The van der Waals surface area contributed by atoms with E-state index in [2.05, 4.69) is 5.32 Å². The Balaban J connectivity index is 2.50. The van der Waals surface area contributed by atoms with Crippen LogP contribution in [-0.2, 0) is 14.3 Å². The second-order valence-electron chi connectivity index (χ2n) is 4.74. The average Bonchev–Trinajstić information content (AvgIpc) is 2.83. The molecule has 1 heterocycles. The highest BCUT2D eigenvalue weighted by atomic mass is 16.5. The molecule has 18 heavy (non-hydrogen) atoms. The summed E-state index contributed by atoms with van der Waals surface area (Å²) < 4.78 is 5.15. The van der Waals surface area contributed by atoms with Crippen molar-refractivity contribution >= 4 is 11.9 Å². The lowest BCUT2D eigenvalue weighted by atomic mass is 10.0. The Bertz CT molecular complexity index is 308. The van der Waals surface area contributed by atoms with Gasteiger partial charge in [0.2, 0.25) is 5.91 Å². The van der Waals surface area contributed by atoms with Crippen molar-refractivity contribution in [2.75, 3.05) is 26.8 Å². The first-order chi connectivity index (χ1) is 8.47. The molecule has 0 aromatic carbocycles. The van der Waals surface area contributed by atoms with Crippen molar-refractivity contribution in [3.8, 4) is 0 Å². The molecule has 104 valence electrons. The number of nitrogens with zero attached hydrogens (tertiary/aromatic N) is 1. The van der Waals surface area contributed by atoms with E-state index in [9.17, 15) is 9.59 Å². The van der Waals surface area contributed by atoms with Crippen LogP contribution < -0.4 is 5.32 Å². The molecule has 2 N–H and O–H groups in total. The van der Waals surface area contributed by atoms with Gasteiger partial charge in [-0.05, 0) is 13.3 Å². The molecule has 1 aliphatic rings. The van der Waals surface area contributed by atoms with Crippen molar-refractivity contribution in [1.29, 1.82) is 0 Å². The van der Waals surface area contributed by atoms with E-state index in [4.69, 9.17) is 9.84 Å². The molecule has 3 unspecified atom stereocenters. The molecule has 1 amide bonds. The van der Waals surface area contributed by atoms with Gasteiger partial charge < -0.3 is 20.1 Å². The molecular weight excluding hydrogens is 236 g/mol. The number of aliphatic carboxylic acids is 1. The van der Waals surface area contributed by atoms with E-state index in [-0.39, 0.29) is 31.1 Å². The first kappa shape index (κ1) is 14.9. The molecule has 6 heteroatoms. The number of nitrogens with one attached hydrogen (secondary N) is 1. The molecule has 0 aromatic rings. The van der Waals surface area contributed by atoms with Crippen LogP contribution in [0.15, 0.2) is 0 Å². The number of amides is 1. The number of carbonyl (C=O) groups excluding carboxylic acids is 1. The van der Waals surface area contributed by atoms with E-state index in [0.29, 0.717) is 6.61 Å². The van der Waals surface area contributed by atoms with Gasteiger partial charge in [-0.1, -0.05) is 6.92 Å². The van der Waals surface area contributed by atoms with Crippen LogP contribution in [-0.4, -0.2) is 60.8 Å². The Labute approximate surface area is 107 Å². The number of carboxylic acids is 1. The molecule has 3 atom stereocenters. The predicted molar refractivity (Wildman–Crippen MR) is 66.3 cm³/mol. The number of rotatable bonds is 6. The predicted octanol–water partition coefficient (Wildman–Crippen LogP) is -0.0675. The maximum absolute atomic E-state index is 11.9. The zero-order valence-electron chi connectivity index (χ0n) is 11.2. The molecule has 0 spiro atoms. The average molecular weight is 258 g/mol. The second-order valence-corrected chi connectivity index (χ2v) is 4.74. The highest BCUT2D eigenvalue weighted by Gasteiger charge is 2.38. The lowest BCUT2D eigenvalue weighted by molar-refractivity contribution is -0.144. The Morgan fingerprint density at radius 1 is 1.50 bits per heavy atom. The summed E-state index contributed by atoms with van der Waals surface area (Å²) >= 11 is 0. The van der Waals surface area contributed by atoms with Crippen LogP contribution in [0.2, 0.25) is 0 Å². The summed E-state index contributed by atoms with van der Waals surface area (Å²) in [5, 5.41) is 12.1. The summed E-state index contributed by atoms with van der Waals surface area (Å²) in [6.07, 6.45) is 0.946. The monoisotopic (exact) mass is 258 g/mol. The third-order valence-corrected chi connectivity index (χ3v) is 3.47. The van der Waals surface area contributed by atoms with Gasteiger partial charge >= 0.3 is 5.97 Å². The maximum atomic E-state index is 11.9. The van der Waals surface area contributed by atoms with E-state index in [0.717, 1.165) is 6.42 Å². The Kier molecular flexibility index (Phi) is 5.55. The number of likely N-dealkylation sites (N-methyl/N-ethyl adjacent to an activating group) is 1. The number of carboxylic acid groups (broad SMARTS) is 1. The highest BCUT2D eigenvalue weighted by molar-refractivity contribution is 5.80. The normalized spacial score (nSPS) is 24.8. The Morgan fingerprint density at radius 2 is 2.17 bits per heavy atom. The van der Waals surface area contributed by atoms with Crippen LogP contribution in [0.3, 0.4) is 0 Å². The Hall–Kier alpha value is -1.14. The maximum Gasteiger partial charge on any atom is 0.311 e. The van der Waals surface area contributed by atoms with Gasteiger partial charge in [0.05, 0.1) is 25.8 Å². The lowest BCUT2D eigenvalue weighted by Crippen LogP contribution is -2.48. The van der Waals surface area contributed by atoms with Crippen LogP contribution >= 0.6 is 0 Å². The number of hydrogen-bond donors (Lipinski definition) is 2. The first-order valence-corrected chi connectivity index (χ1v) is 6.27. The molecule has 0 radical (unpaired) electrons. The smallest absolute Gasteiger partial charge is 0.311 e. The number of carbonyl (C=O) groups is 2. The molecule has 1 saturated heterocycles. The third kappa shape index (κ3) is 3.68. The van der Waals surface area contributed by atoms with Gasteiger partial charge in [-0.15, -0.1) is 0 Å². The standard InChI is InChI=1S/C12H22N2O4/c1-4-8(2)13-5-11(15)14(3)10-7-18-6-9(10)12(16)17/h8-10,13H,4-7H2,1-3H3,(H,16,17). The largest absolute Gasteiger partial charge is 0.481 e. The van der Waals surface area contributed by atoms with Gasteiger partial charge in [-0.2, -0.15) is 0 Å². The van der Waals surface area contributed by atoms with Gasteiger partial charge in [0.15, 0.2) is 0 Å². The molecule has 6 nitrogen and oxygen atoms in total. The molecule has 0 aromatic heterocycles. The molecule has 0 aliphatic carbocycles. The zero-order chi connectivity index (χ0) is 13.7. The summed E-state index contributed by atoms with van der Waals surface area (Å²) in [6, 6.07) is -0.0915. The number of hydrogen-bond acceptors (Lipinski definition) is 4. The SMILES string of the molecule is CCC(C)NCC(=O)N(C)C1COCC1C(=O)O. The lowest BCUT2D eigenvalue weighted by Gasteiger charge is -2.27. The molecule has 1 fully saturated rings. The van der Waals surface area contributed by atoms with E-state index >= 15 is 0 Å². The first-order valence-electron chi connectivity index (χ1n) is 6.27. The van der Waals surface area contributed by atoms with Crippen molar-refractivity contribution in [1.82, 2.24) is 10.2 Å². The van der Waals surface area contributed by atoms with Gasteiger partial charge in [-0.25, -0.2) is 0 Å². The summed E-state index contributed by atoms with van der Waals surface area (Å²) in [5.41, 5.74) is 0. The zero-order valence-corrected chi connectivity index (χ0v) is 11.2. The van der Waals surface area contributed by atoms with Gasteiger partial charge in [0.25, 0.3) is 0 Å². The molecule has 1 aliphatic heterocycles. The van der Waals surface area contributed by atoms with Gasteiger partial charge in [0.1, 0.15) is 5.92 Å².